The number of fused-ring (bicyclic) bond motifs is 1. The maximum Gasteiger partial charge on any atom is 0.269 e. The first-order valence-corrected chi connectivity index (χ1v) is 13.7. The Morgan fingerprint density at radius 1 is 1.22 bits per heavy atom. The number of aryl methyl sites for hydroxylation is 1. The van der Waals surface area contributed by atoms with E-state index in [2.05, 4.69) is 45.4 Å². The average Bonchev–Trinajstić information content (AvgIpc) is 3.43. The number of hydrogen-bond donors (Lipinski definition) is 8. The molecule has 5 heterocycles. The predicted molar refractivity (Wildman–Crippen MR) is 150 cm³/mol. The standard InChI is InChI=1S/C28H35N9O4/c1-14-7-9-31-17(11-14)24(40)32-12-18-21-28(36-25(29)35-21)22(38)19(13-37(28)26(30)34-18)33-23(39)15-5-4-6-16-20(15)41-10-8-27(16,2)3/h4-7,9,11,18-19,21-22,38H,8,10,12-13H2,1-3H3,(H2,30,34)(H,32,40)(H,33,39)(H3,29,35,36)/t18-,19?,21?,22+,28?/m0/s1. The molecule has 2 aromatic rings. The number of aliphatic hydroxyl groups excluding tert-OH is 1. The van der Waals surface area contributed by atoms with Gasteiger partial charge in [0.1, 0.15) is 17.5 Å². The highest BCUT2D eigenvalue weighted by molar-refractivity contribution is 5.98. The fourth-order valence-electron chi connectivity index (χ4n) is 6.45. The van der Waals surface area contributed by atoms with Gasteiger partial charge in [-0.3, -0.25) is 25.4 Å². The molecule has 2 amide bonds. The van der Waals surface area contributed by atoms with Gasteiger partial charge in [-0.05, 0) is 42.5 Å². The van der Waals surface area contributed by atoms with Crippen LogP contribution < -0.4 is 31.3 Å². The van der Waals surface area contributed by atoms with Gasteiger partial charge in [-0.1, -0.05) is 26.0 Å². The molecule has 0 radical (unpaired) electrons. The number of carbonyl (C=O) groups excluding carboxylic acids is 2. The van der Waals surface area contributed by atoms with E-state index in [-0.39, 0.29) is 47.9 Å². The number of ether oxygens (including phenoxy) is 1. The van der Waals surface area contributed by atoms with E-state index in [1.165, 1.54) is 0 Å². The third-order valence-electron chi connectivity index (χ3n) is 8.66. The summed E-state index contributed by atoms with van der Waals surface area (Å²) in [6.45, 7) is 6.86. The minimum absolute atomic E-state index is 0.0103. The molecule has 0 aliphatic carbocycles. The number of hydrogen-bond acceptors (Lipinski definition) is 7. The van der Waals surface area contributed by atoms with Gasteiger partial charge in [0.25, 0.3) is 11.8 Å². The summed E-state index contributed by atoms with van der Waals surface area (Å²) in [5.74, 6) is -0.207. The quantitative estimate of drug-likeness (QED) is 0.244. The summed E-state index contributed by atoms with van der Waals surface area (Å²) in [6.07, 6.45) is 1.22. The van der Waals surface area contributed by atoms with Gasteiger partial charge >= 0.3 is 0 Å². The monoisotopic (exact) mass is 561 g/mol. The zero-order valence-corrected chi connectivity index (χ0v) is 23.2. The van der Waals surface area contributed by atoms with Crippen molar-refractivity contribution in [2.45, 2.75) is 62.5 Å². The lowest BCUT2D eigenvalue weighted by Crippen LogP contribution is -2.78. The molecule has 6 rings (SSSR count). The highest BCUT2D eigenvalue weighted by Gasteiger charge is 2.66. The maximum absolute atomic E-state index is 13.5. The lowest BCUT2D eigenvalue weighted by Gasteiger charge is -2.49. The molecule has 4 aliphatic rings. The van der Waals surface area contributed by atoms with E-state index in [1.54, 1.807) is 29.3 Å². The Balaban J connectivity index is 1.22. The van der Waals surface area contributed by atoms with E-state index < -0.39 is 29.9 Å². The molecule has 0 bridgehead atoms. The highest BCUT2D eigenvalue weighted by Crippen LogP contribution is 2.41. The van der Waals surface area contributed by atoms with Crippen LogP contribution >= 0.6 is 0 Å². The fraction of sp³-hybridized carbons (Fsp3) is 0.464. The Kier molecular flexibility index (Phi) is 6.29. The molecule has 5 atom stereocenters. The number of para-hydroxylation sites is 1. The number of nitrogens with one attached hydrogen (secondary N) is 7. The first-order chi connectivity index (χ1) is 19.5. The Bertz CT molecular complexity index is 1450. The lowest BCUT2D eigenvalue weighted by molar-refractivity contribution is 0.00611. The summed E-state index contributed by atoms with van der Waals surface area (Å²) >= 11 is 0. The SMILES string of the molecule is Cc1ccnc(C(=O)NC[C@@H]2NC(=N)N3CC(NC(=O)c4cccc5c4OCCC5(C)C)[C@@H](O)C34NC(=N)NC24)c1. The van der Waals surface area contributed by atoms with Crippen molar-refractivity contribution < 1.29 is 19.4 Å². The van der Waals surface area contributed by atoms with Crippen LogP contribution in [-0.4, -0.2) is 88.3 Å². The second-order valence-electron chi connectivity index (χ2n) is 11.8. The van der Waals surface area contributed by atoms with Crippen LogP contribution in [0.15, 0.2) is 36.5 Å². The molecule has 8 N–H and O–H groups in total. The van der Waals surface area contributed by atoms with Crippen LogP contribution in [0.3, 0.4) is 0 Å². The van der Waals surface area contributed by atoms with Crippen molar-refractivity contribution in [2.24, 2.45) is 0 Å². The number of rotatable bonds is 5. The predicted octanol–water partition coefficient (Wildman–Crippen LogP) is -0.246. The number of nitrogens with zero attached hydrogens (tertiary/aromatic N) is 2. The van der Waals surface area contributed by atoms with E-state index in [1.807, 2.05) is 19.1 Å². The average molecular weight is 562 g/mol. The molecule has 3 unspecified atom stereocenters. The molecule has 13 heteroatoms. The Hall–Kier alpha value is -4.39. The summed E-state index contributed by atoms with van der Waals surface area (Å²) in [5, 5.41) is 43.8. The summed E-state index contributed by atoms with van der Waals surface area (Å²) in [5.41, 5.74) is 1.11. The van der Waals surface area contributed by atoms with Gasteiger partial charge in [0.2, 0.25) is 0 Å². The smallest absolute Gasteiger partial charge is 0.269 e. The third-order valence-corrected chi connectivity index (χ3v) is 8.66. The third kappa shape index (κ3) is 4.31. The molecular weight excluding hydrogens is 526 g/mol. The molecule has 1 aromatic heterocycles. The van der Waals surface area contributed by atoms with Crippen molar-refractivity contribution in [3.05, 3.63) is 58.9 Å². The van der Waals surface area contributed by atoms with Crippen LogP contribution in [0.2, 0.25) is 0 Å². The van der Waals surface area contributed by atoms with Gasteiger partial charge in [0.05, 0.1) is 30.3 Å². The molecule has 3 saturated heterocycles. The zero-order chi connectivity index (χ0) is 29.1. The first-order valence-electron chi connectivity index (χ1n) is 13.7. The van der Waals surface area contributed by atoms with Crippen molar-refractivity contribution in [3.63, 3.8) is 0 Å². The second kappa shape index (κ2) is 9.61. The molecule has 13 nitrogen and oxygen atoms in total. The zero-order valence-electron chi connectivity index (χ0n) is 23.2. The minimum Gasteiger partial charge on any atom is -0.492 e. The van der Waals surface area contributed by atoms with E-state index in [9.17, 15) is 14.7 Å². The highest BCUT2D eigenvalue weighted by atomic mass is 16.5. The van der Waals surface area contributed by atoms with Gasteiger partial charge in [0, 0.05) is 24.8 Å². The summed E-state index contributed by atoms with van der Waals surface area (Å²) < 4.78 is 5.93. The van der Waals surface area contributed by atoms with E-state index in [0.29, 0.717) is 17.9 Å². The second-order valence-corrected chi connectivity index (χ2v) is 11.8. The number of amides is 2. The van der Waals surface area contributed by atoms with Gasteiger partial charge in [-0.15, -0.1) is 0 Å². The number of aliphatic hydroxyl groups is 1. The fourth-order valence-corrected chi connectivity index (χ4v) is 6.45. The number of carbonyl (C=O) groups is 2. The summed E-state index contributed by atoms with van der Waals surface area (Å²) in [7, 11) is 0. The largest absolute Gasteiger partial charge is 0.492 e. The summed E-state index contributed by atoms with van der Waals surface area (Å²) in [6, 6.07) is 7.08. The number of benzene rings is 1. The Morgan fingerprint density at radius 2 is 2.02 bits per heavy atom. The van der Waals surface area contributed by atoms with E-state index in [0.717, 1.165) is 17.5 Å². The van der Waals surface area contributed by atoms with Gasteiger partial charge in [-0.25, -0.2) is 0 Å². The van der Waals surface area contributed by atoms with E-state index >= 15 is 0 Å². The van der Waals surface area contributed by atoms with Crippen LogP contribution in [-0.2, 0) is 5.41 Å². The number of pyridine rings is 1. The Morgan fingerprint density at radius 3 is 2.80 bits per heavy atom. The van der Waals surface area contributed by atoms with Crippen LogP contribution in [0.4, 0.5) is 0 Å². The van der Waals surface area contributed by atoms with Crippen molar-refractivity contribution in [3.8, 4) is 5.75 Å². The molecule has 1 aromatic carbocycles. The first kappa shape index (κ1) is 26.8. The van der Waals surface area contributed by atoms with Gasteiger partial charge in [-0.2, -0.15) is 0 Å². The van der Waals surface area contributed by atoms with Crippen LogP contribution in [0.1, 0.15) is 52.2 Å². The number of guanidine groups is 2. The van der Waals surface area contributed by atoms with E-state index in [4.69, 9.17) is 15.6 Å². The molecular formula is C28H35N9O4. The van der Waals surface area contributed by atoms with Crippen LogP contribution in [0, 0.1) is 17.7 Å². The Labute approximate surface area is 237 Å². The van der Waals surface area contributed by atoms with Crippen molar-refractivity contribution in [1.82, 2.24) is 36.5 Å². The molecule has 4 aliphatic heterocycles. The molecule has 0 saturated carbocycles. The van der Waals surface area contributed by atoms with Crippen molar-refractivity contribution >= 4 is 23.7 Å². The summed E-state index contributed by atoms with van der Waals surface area (Å²) in [4.78, 5) is 32.1. The van der Waals surface area contributed by atoms with Crippen molar-refractivity contribution in [2.75, 3.05) is 19.7 Å². The molecule has 216 valence electrons. The van der Waals surface area contributed by atoms with Crippen LogP contribution in [0.25, 0.3) is 0 Å². The molecule has 1 spiro atoms. The normalized spacial score (nSPS) is 29.1. The van der Waals surface area contributed by atoms with Crippen molar-refractivity contribution in [1.29, 1.82) is 10.8 Å². The van der Waals surface area contributed by atoms with Crippen LogP contribution in [0.5, 0.6) is 5.75 Å². The lowest BCUT2D eigenvalue weighted by atomic mass is 9.79. The minimum atomic E-state index is -1.29. The van der Waals surface area contributed by atoms with Gasteiger partial charge in [0.15, 0.2) is 17.6 Å². The topological polar surface area (TPSA) is 188 Å². The molecule has 3 fully saturated rings. The molecule has 41 heavy (non-hydrogen) atoms. The maximum atomic E-state index is 13.5. The number of aromatic nitrogens is 1. The van der Waals surface area contributed by atoms with Gasteiger partial charge < -0.3 is 41.3 Å².